The topological polar surface area (TPSA) is 55.2 Å². The van der Waals surface area contributed by atoms with Gasteiger partial charge in [0.05, 0.1) is 4.88 Å². The van der Waals surface area contributed by atoms with Gasteiger partial charge in [0.1, 0.15) is 5.69 Å². The zero-order chi connectivity index (χ0) is 17.6. The average Bonchev–Trinajstić information content (AvgIpc) is 3.18. The van der Waals surface area contributed by atoms with Crippen molar-refractivity contribution in [3.05, 3.63) is 70.3 Å². The molecule has 0 N–H and O–H groups in total. The number of hydrogen-bond acceptors (Lipinski definition) is 4. The molecule has 0 bridgehead atoms. The normalized spacial score (nSPS) is 10.6. The van der Waals surface area contributed by atoms with Gasteiger partial charge in [-0.2, -0.15) is 5.10 Å². The Bertz CT molecular complexity index is 889. The van der Waals surface area contributed by atoms with Gasteiger partial charge in [0.15, 0.2) is 0 Å². The van der Waals surface area contributed by atoms with E-state index in [0.29, 0.717) is 19.4 Å². The predicted molar refractivity (Wildman–Crippen MR) is 101 cm³/mol. The van der Waals surface area contributed by atoms with Gasteiger partial charge < -0.3 is 4.90 Å². The summed E-state index contributed by atoms with van der Waals surface area (Å²) in [6, 6.07) is 16.7. The van der Waals surface area contributed by atoms with Gasteiger partial charge >= 0.3 is 0 Å². The van der Waals surface area contributed by atoms with Crippen molar-refractivity contribution in [3.8, 4) is 10.6 Å². The van der Waals surface area contributed by atoms with E-state index in [0.717, 1.165) is 16.3 Å². The van der Waals surface area contributed by atoms with Gasteiger partial charge in [0, 0.05) is 31.8 Å². The highest BCUT2D eigenvalue weighted by atomic mass is 32.1. The van der Waals surface area contributed by atoms with Crippen LogP contribution in [0.1, 0.15) is 12.8 Å². The molecule has 0 spiro atoms. The minimum absolute atomic E-state index is 0.0219. The number of carbonyl (C=O) groups is 1. The van der Waals surface area contributed by atoms with Crippen LogP contribution < -0.4 is 10.5 Å². The van der Waals surface area contributed by atoms with Crippen molar-refractivity contribution in [1.29, 1.82) is 0 Å². The number of carbonyl (C=O) groups excluding carboxylic acids is 1. The van der Waals surface area contributed by atoms with E-state index in [1.807, 2.05) is 47.8 Å². The standard InChI is InChI=1S/C19H19N3O2S/c1-21(15-7-3-2-4-8-15)18(23)10-5-13-22-19(24)12-11-16(20-22)17-9-6-14-25-17/h2-4,6-9,11-12,14H,5,10,13H2,1H3. The minimum Gasteiger partial charge on any atom is -0.316 e. The number of para-hydroxylation sites is 1. The lowest BCUT2D eigenvalue weighted by Gasteiger charge is -2.17. The number of rotatable bonds is 6. The molecule has 0 saturated heterocycles. The summed E-state index contributed by atoms with van der Waals surface area (Å²) in [7, 11) is 1.76. The van der Waals surface area contributed by atoms with Crippen molar-refractivity contribution in [2.75, 3.05) is 11.9 Å². The van der Waals surface area contributed by atoms with Crippen LogP contribution in [0.3, 0.4) is 0 Å². The first-order valence-corrected chi connectivity index (χ1v) is 8.97. The van der Waals surface area contributed by atoms with Crippen molar-refractivity contribution in [3.63, 3.8) is 0 Å². The van der Waals surface area contributed by atoms with E-state index in [1.165, 1.54) is 10.7 Å². The first-order valence-electron chi connectivity index (χ1n) is 8.09. The van der Waals surface area contributed by atoms with Crippen LogP contribution in [0.4, 0.5) is 5.69 Å². The molecule has 2 heterocycles. The van der Waals surface area contributed by atoms with Gasteiger partial charge in [-0.3, -0.25) is 9.59 Å². The van der Waals surface area contributed by atoms with E-state index < -0.39 is 0 Å². The predicted octanol–water partition coefficient (Wildman–Crippen LogP) is 3.42. The molecule has 25 heavy (non-hydrogen) atoms. The fourth-order valence-electron chi connectivity index (χ4n) is 2.51. The summed E-state index contributed by atoms with van der Waals surface area (Å²) in [6.07, 6.45) is 0.930. The van der Waals surface area contributed by atoms with E-state index in [1.54, 1.807) is 29.4 Å². The van der Waals surface area contributed by atoms with Crippen molar-refractivity contribution in [2.45, 2.75) is 19.4 Å². The van der Waals surface area contributed by atoms with E-state index in [4.69, 9.17) is 0 Å². The van der Waals surface area contributed by atoms with Crippen LogP contribution in [-0.4, -0.2) is 22.7 Å². The Morgan fingerprint density at radius 2 is 1.92 bits per heavy atom. The first-order chi connectivity index (χ1) is 12.1. The first kappa shape index (κ1) is 17.1. The zero-order valence-corrected chi connectivity index (χ0v) is 14.8. The SMILES string of the molecule is CN(C(=O)CCCn1nc(-c2cccs2)ccc1=O)c1ccccc1. The average molecular weight is 353 g/mol. The smallest absolute Gasteiger partial charge is 0.266 e. The summed E-state index contributed by atoms with van der Waals surface area (Å²) in [4.78, 5) is 26.9. The highest BCUT2D eigenvalue weighted by Crippen LogP contribution is 2.21. The van der Waals surface area contributed by atoms with Crippen molar-refractivity contribution in [2.24, 2.45) is 0 Å². The molecule has 1 amide bonds. The molecule has 6 heteroatoms. The number of thiophene rings is 1. The van der Waals surface area contributed by atoms with Gasteiger partial charge in [-0.25, -0.2) is 4.68 Å². The van der Waals surface area contributed by atoms with Gasteiger partial charge in [-0.15, -0.1) is 11.3 Å². The number of nitrogens with zero attached hydrogens (tertiary/aromatic N) is 3. The van der Waals surface area contributed by atoms with E-state index in [2.05, 4.69) is 5.10 Å². The molecule has 0 atom stereocenters. The van der Waals surface area contributed by atoms with Crippen LogP contribution >= 0.6 is 11.3 Å². The maximum Gasteiger partial charge on any atom is 0.266 e. The zero-order valence-electron chi connectivity index (χ0n) is 14.0. The largest absolute Gasteiger partial charge is 0.316 e. The number of amides is 1. The molecule has 3 rings (SSSR count). The van der Waals surface area contributed by atoms with E-state index in [9.17, 15) is 9.59 Å². The molecule has 0 aliphatic rings. The lowest BCUT2D eigenvalue weighted by molar-refractivity contribution is -0.118. The van der Waals surface area contributed by atoms with Crippen LogP contribution in [0.25, 0.3) is 10.6 Å². The van der Waals surface area contributed by atoms with Crippen LogP contribution in [0.15, 0.2) is 64.8 Å². The van der Waals surface area contributed by atoms with Crippen LogP contribution in [0, 0.1) is 0 Å². The lowest BCUT2D eigenvalue weighted by atomic mass is 10.2. The minimum atomic E-state index is -0.149. The second-order valence-corrected chi connectivity index (χ2v) is 6.60. The molecule has 0 radical (unpaired) electrons. The highest BCUT2D eigenvalue weighted by Gasteiger charge is 2.11. The Balaban J connectivity index is 1.61. The molecule has 128 valence electrons. The maximum atomic E-state index is 12.3. The Morgan fingerprint density at radius 1 is 1.12 bits per heavy atom. The monoisotopic (exact) mass is 353 g/mol. The number of aromatic nitrogens is 2. The van der Waals surface area contributed by atoms with Crippen LogP contribution in [-0.2, 0) is 11.3 Å². The molecule has 2 aromatic heterocycles. The number of anilines is 1. The summed E-state index contributed by atoms with van der Waals surface area (Å²) < 4.78 is 1.44. The number of benzene rings is 1. The third-order valence-electron chi connectivity index (χ3n) is 3.92. The molecule has 1 aromatic carbocycles. The summed E-state index contributed by atoms with van der Waals surface area (Å²) in [5.41, 5.74) is 1.49. The maximum absolute atomic E-state index is 12.3. The van der Waals surface area contributed by atoms with Crippen molar-refractivity contribution >= 4 is 22.9 Å². The fraction of sp³-hybridized carbons (Fsp3) is 0.211. The molecular formula is C19H19N3O2S. The number of hydrogen-bond donors (Lipinski definition) is 0. The fourth-order valence-corrected chi connectivity index (χ4v) is 3.20. The molecule has 0 aliphatic heterocycles. The second-order valence-electron chi connectivity index (χ2n) is 5.65. The lowest BCUT2D eigenvalue weighted by Crippen LogP contribution is -2.27. The third-order valence-corrected chi connectivity index (χ3v) is 4.81. The summed E-state index contributed by atoms with van der Waals surface area (Å²) in [5.74, 6) is 0.0219. The molecule has 0 saturated carbocycles. The Kier molecular flexibility index (Phi) is 5.40. The third kappa shape index (κ3) is 4.22. The van der Waals surface area contributed by atoms with Crippen molar-refractivity contribution in [1.82, 2.24) is 9.78 Å². The van der Waals surface area contributed by atoms with Gasteiger partial charge in [0.25, 0.3) is 5.56 Å². The molecule has 0 aliphatic carbocycles. The van der Waals surface area contributed by atoms with Gasteiger partial charge in [0.2, 0.25) is 5.91 Å². The van der Waals surface area contributed by atoms with Crippen molar-refractivity contribution < 1.29 is 4.79 Å². The van der Waals surface area contributed by atoms with E-state index in [-0.39, 0.29) is 11.5 Å². The second kappa shape index (κ2) is 7.90. The number of aryl methyl sites for hydroxylation is 1. The molecule has 0 unspecified atom stereocenters. The Morgan fingerprint density at radius 3 is 2.64 bits per heavy atom. The Hall–Kier alpha value is -2.73. The van der Waals surface area contributed by atoms with Crippen LogP contribution in [0.5, 0.6) is 0 Å². The van der Waals surface area contributed by atoms with E-state index >= 15 is 0 Å². The highest BCUT2D eigenvalue weighted by molar-refractivity contribution is 7.13. The molecule has 0 fully saturated rings. The Labute approximate surface area is 150 Å². The summed E-state index contributed by atoms with van der Waals surface area (Å²) >= 11 is 1.58. The van der Waals surface area contributed by atoms with Crippen LogP contribution in [0.2, 0.25) is 0 Å². The quantitative estimate of drug-likeness (QED) is 0.682. The van der Waals surface area contributed by atoms with Gasteiger partial charge in [-0.05, 0) is 36.1 Å². The molecule has 3 aromatic rings. The molecule has 5 nitrogen and oxygen atoms in total. The summed E-state index contributed by atoms with van der Waals surface area (Å²) in [5, 5.41) is 6.38. The molecular weight excluding hydrogens is 334 g/mol. The van der Waals surface area contributed by atoms with Gasteiger partial charge in [-0.1, -0.05) is 24.3 Å². The summed E-state index contributed by atoms with van der Waals surface area (Å²) in [6.45, 7) is 0.423.